The molecule has 1 amide bonds. The van der Waals surface area contributed by atoms with Crippen molar-refractivity contribution in [1.82, 2.24) is 5.32 Å². The smallest absolute Gasteiger partial charge is 0.252 e. The van der Waals surface area contributed by atoms with E-state index in [-0.39, 0.29) is 11.9 Å². The van der Waals surface area contributed by atoms with Crippen molar-refractivity contribution in [3.8, 4) is 0 Å². The molecule has 1 aliphatic carbocycles. The molecule has 3 rings (SSSR count). The number of anilines is 1. The van der Waals surface area contributed by atoms with Gasteiger partial charge in [0, 0.05) is 10.2 Å². The van der Waals surface area contributed by atoms with Crippen molar-refractivity contribution >= 4 is 27.5 Å². The molecule has 0 heterocycles. The highest BCUT2D eigenvalue weighted by atomic mass is 79.9. The minimum atomic E-state index is -0.0871. The predicted molar refractivity (Wildman–Crippen MR) is 88.1 cm³/mol. The fraction of sp³-hybridized carbons (Fsp3) is 0.235. The maximum Gasteiger partial charge on any atom is 0.252 e. The lowest BCUT2D eigenvalue weighted by Crippen LogP contribution is -2.31. The van der Waals surface area contributed by atoms with Crippen LogP contribution in [0, 0.1) is 0 Å². The van der Waals surface area contributed by atoms with Crippen molar-refractivity contribution in [2.75, 3.05) is 5.73 Å². The zero-order chi connectivity index (χ0) is 14.8. The average Bonchev–Trinajstić information content (AvgIpc) is 2.50. The minimum absolute atomic E-state index is 0.0794. The van der Waals surface area contributed by atoms with Gasteiger partial charge in [-0.25, -0.2) is 0 Å². The van der Waals surface area contributed by atoms with E-state index in [4.69, 9.17) is 5.73 Å². The van der Waals surface area contributed by atoms with Crippen LogP contribution in [0.5, 0.6) is 0 Å². The molecule has 0 aromatic heterocycles. The van der Waals surface area contributed by atoms with E-state index in [1.54, 1.807) is 18.2 Å². The number of benzene rings is 2. The van der Waals surface area contributed by atoms with Crippen molar-refractivity contribution in [2.24, 2.45) is 0 Å². The molecule has 1 unspecified atom stereocenters. The molecule has 4 heteroatoms. The molecule has 1 atom stereocenters. The van der Waals surface area contributed by atoms with Gasteiger partial charge in [0.05, 0.1) is 11.6 Å². The molecule has 2 aromatic rings. The summed E-state index contributed by atoms with van der Waals surface area (Å²) in [4.78, 5) is 12.5. The standard InChI is InChI=1S/C17H17BrN2O/c18-15-9-8-12(19)10-14(15)17(21)20-16-7-3-5-11-4-1-2-6-13(11)16/h1-2,4,6,8-10,16H,3,5,7,19H2,(H,20,21). The quantitative estimate of drug-likeness (QED) is 0.813. The second-order valence-electron chi connectivity index (χ2n) is 5.36. The fourth-order valence-corrected chi connectivity index (χ4v) is 3.28. The average molecular weight is 345 g/mol. The summed E-state index contributed by atoms with van der Waals surface area (Å²) in [6.45, 7) is 0. The highest BCUT2D eigenvalue weighted by Gasteiger charge is 2.22. The maximum atomic E-state index is 12.5. The molecule has 108 valence electrons. The van der Waals surface area contributed by atoms with Crippen molar-refractivity contribution in [3.05, 3.63) is 63.6 Å². The summed E-state index contributed by atoms with van der Waals surface area (Å²) < 4.78 is 0.762. The van der Waals surface area contributed by atoms with E-state index >= 15 is 0 Å². The van der Waals surface area contributed by atoms with Gasteiger partial charge in [0.1, 0.15) is 0 Å². The molecule has 0 bridgehead atoms. The third-order valence-electron chi connectivity index (χ3n) is 3.91. The highest BCUT2D eigenvalue weighted by molar-refractivity contribution is 9.10. The van der Waals surface area contributed by atoms with Crippen LogP contribution >= 0.6 is 15.9 Å². The Balaban J connectivity index is 1.84. The van der Waals surface area contributed by atoms with Crippen LogP contribution in [-0.2, 0) is 6.42 Å². The van der Waals surface area contributed by atoms with Gasteiger partial charge in [-0.15, -0.1) is 0 Å². The van der Waals surface area contributed by atoms with Gasteiger partial charge in [0.25, 0.3) is 5.91 Å². The molecular formula is C17H17BrN2O. The number of amides is 1. The molecule has 0 saturated heterocycles. The number of aryl methyl sites for hydroxylation is 1. The molecule has 3 nitrogen and oxygen atoms in total. The third-order valence-corrected chi connectivity index (χ3v) is 4.60. The maximum absolute atomic E-state index is 12.5. The van der Waals surface area contributed by atoms with E-state index in [0.29, 0.717) is 11.3 Å². The lowest BCUT2D eigenvalue weighted by atomic mass is 9.87. The molecular weight excluding hydrogens is 328 g/mol. The van der Waals surface area contributed by atoms with Gasteiger partial charge in [-0.05, 0) is 64.5 Å². The van der Waals surface area contributed by atoms with Gasteiger partial charge in [0.15, 0.2) is 0 Å². The van der Waals surface area contributed by atoms with Crippen LogP contribution in [0.15, 0.2) is 46.9 Å². The second kappa shape index (κ2) is 5.90. The van der Waals surface area contributed by atoms with Crippen molar-refractivity contribution in [1.29, 1.82) is 0 Å². The molecule has 0 aliphatic heterocycles. The number of nitrogens with two attached hydrogens (primary N) is 1. The summed E-state index contributed by atoms with van der Waals surface area (Å²) in [5.41, 5.74) is 9.51. The van der Waals surface area contributed by atoms with Crippen molar-refractivity contribution in [2.45, 2.75) is 25.3 Å². The Bertz CT molecular complexity index is 684. The van der Waals surface area contributed by atoms with E-state index in [9.17, 15) is 4.79 Å². The molecule has 0 fully saturated rings. The second-order valence-corrected chi connectivity index (χ2v) is 6.21. The number of halogens is 1. The van der Waals surface area contributed by atoms with E-state index in [0.717, 1.165) is 23.7 Å². The van der Waals surface area contributed by atoms with Crippen LogP contribution in [-0.4, -0.2) is 5.91 Å². The monoisotopic (exact) mass is 344 g/mol. The van der Waals surface area contributed by atoms with Gasteiger partial charge < -0.3 is 11.1 Å². The molecule has 21 heavy (non-hydrogen) atoms. The van der Waals surface area contributed by atoms with Gasteiger partial charge in [-0.3, -0.25) is 4.79 Å². The summed E-state index contributed by atoms with van der Waals surface area (Å²) in [5.74, 6) is -0.0871. The van der Waals surface area contributed by atoms with Crippen LogP contribution in [0.3, 0.4) is 0 Å². The number of rotatable bonds is 2. The summed E-state index contributed by atoms with van der Waals surface area (Å²) >= 11 is 3.41. The predicted octanol–water partition coefficient (Wildman–Crippen LogP) is 3.84. The van der Waals surface area contributed by atoms with Gasteiger partial charge >= 0.3 is 0 Å². The summed E-state index contributed by atoms with van der Waals surface area (Å²) in [6, 6.07) is 13.7. The Hall–Kier alpha value is -1.81. The first-order valence-electron chi connectivity index (χ1n) is 7.09. The fourth-order valence-electron chi connectivity index (χ4n) is 2.86. The van der Waals surface area contributed by atoms with Crippen molar-refractivity contribution in [3.63, 3.8) is 0 Å². The SMILES string of the molecule is Nc1ccc(Br)c(C(=O)NC2CCCc3ccccc32)c1. The molecule has 2 aromatic carbocycles. The molecule has 0 spiro atoms. The van der Waals surface area contributed by atoms with Gasteiger partial charge in [-0.1, -0.05) is 24.3 Å². The Labute approximate surface area is 132 Å². The summed E-state index contributed by atoms with van der Waals surface area (Å²) in [5, 5.41) is 3.13. The minimum Gasteiger partial charge on any atom is -0.399 e. The number of hydrogen-bond acceptors (Lipinski definition) is 2. The topological polar surface area (TPSA) is 55.1 Å². The lowest BCUT2D eigenvalue weighted by molar-refractivity contribution is 0.0932. The first-order chi connectivity index (χ1) is 10.1. The number of fused-ring (bicyclic) bond motifs is 1. The van der Waals surface area contributed by atoms with E-state index in [2.05, 4.69) is 39.4 Å². The van der Waals surface area contributed by atoms with Crippen LogP contribution in [0.1, 0.15) is 40.4 Å². The summed E-state index contributed by atoms with van der Waals surface area (Å²) in [6.07, 6.45) is 3.16. The zero-order valence-electron chi connectivity index (χ0n) is 11.6. The molecule has 3 N–H and O–H groups in total. The number of hydrogen-bond donors (Lipinski definition) is 2. The molecule has 0 radical (unpaired) electrons. The number of nitrogens with one attached hydrogen (secondary N) is 1. The Morgan fingerprint density at radius 3 is 2.90 bits per heavy atom. The van der Waals surface area contributed by atoms with Crippen LogP contribution in [0.4, 0.5) is 5.69 Å². The molecule has 0 saturated carbocycles. The van der Waals surface area contributed by atoms with Gasteiger partial charge in [-0.2, -0.15) is 0 Å². The zero-order valence-corrected chi connectivity index (χ0v) is 13.2. The van der Waals surface area contributed by atoms with Gasteiger partial charge in [0.2, 0.25) is 0 Å². The third kappa shape index (κ3) is 2.95. The Morgan fingerprint density at radius 1 is 1.24 bits per heavy atom. The first kappa shape index (κ1) is 14.1. The highest BCUT2D eigenvalue weighted by Crippen LogP contribution is 2.30. The largest absolute Gasteiger partial charge is 0.399 e. The number of carbonyl (C=O) groups excluding carboxylic acids is 1. The number of carbonyl (C=O) groups is 1. The van der Waals surface area contributed by atoms with E-state index in [1.165, 1.54) is 11.1 Å². The first-order valence-corrected chi connectivity index (χ1v) is 7.88. The summed E-state index contributed by atoms with van der Waals surface area (Å²) in [7, 11) is 0. The number of nitrogen functional groups attached to an aromatic ring is 1. The lowest BCUT2D eigenvalue weighted by Gasteiger charge is -2.26. The van der Waals surface area contributed by atoms with Crippen LogP contribution in [0.25, 0.3) is 0 Å². The Kier molecular flexibility index (Phi) is 3.97. The normalized spacial score (nSPS) is 17.1. The Morgan fingerprint density at radius 2 is 2.05 bits per heavy atom. The van der Waals surface area contributed by atoms with Crippen molar-refractivity contribution < 1.29 is 4.79 Å². The van der Waals surface area contributed by atoms with Crippen LogP contribution < -0.4 is 11.1 Å². The van der Waals surface area contributed by atoms with Crippen LogP contribution in [0.2, 0.25) is 0 Å². The van der Waals surface area contributed by atoms with E-state index in [1.807, 2.05) is 6.07 Å². The molecule has 1 aliphatic rings. The van der Waals surface area contributed by atoms with E-state index < -0.39 is 0 Å².